The van der Waals surface area contributed by atoms with E-state index in [-0.39, 0.29) is 12.2 Å². The number of carbonyl (C=O) groups is 1. The topological polar surface area (TPSA) is 62.5 Å². The molecule has 202 valence electrons. The van der Waals surface area contributed by atoms with Crippen molar-refractivity contribution < 1.29 is 14.3 Å². The minimum absolute atomic E-state index is 0.106. The van der Waals surface area contributed by atoms with E-state index in [0.29, 0.717) is 38.3 Å². The molecule has 3 fully saturated rings. The van der Waals surface area contributed by atoms with Crippen molar-refractivity contribution >= 4 is 17.3 Å². The number of fused-ring (bicyclic) bond motifs is 1. The summed E-state index contributed by atoms with van der Waals surface area (Å²) in [6, 6.07) is 14.1. The summed E-state index contributed by atoms with van der Waals surface area (Å²) in [4.78, 5) is 19.3. The lowest BCUT2D eigenvalue weighted by molar-refractivity contribution is 0.0534. The first kappa shape index (κ1) is 25.2. The maximum Gasteiger partial charge on any atom is 0.410 e. The van der Waals surface area contributed by atoms with Crippen LogP contribution in [-0.2, 0) is 9.47 Å². The van der Waals surface area contributed by atoms with Gasteiger partial charge >= 0.3 is 6.09 Å². The van der Waals surface area contributed by atoms with Crippen LogP contribution in [0.25, 0.3) is 16.6 Å². The van der Waals surface area contributed by atoms with Gasteiger partial charge in [0.1, 0.15) is 6.10 Å². The lowest BCUT2D eigenvalue weighted by atomic mass is 9.89. The largest absolute Gasteiger partial charge is 0.444 e. The number of anilines is 1. The molecule has 0 spiro atoms. The van der Waals surface area contributed by atoms with Crippen LogP contribution in [0.2, 0.25) is 0 Å². The number of ether oxygens (including phenoxy) is 2. The van der Waals surface area contributed by atoms with Crippen LogP contribution in [0, 0.1) is 0 Å². The average molecular weight is 518 g/mol. The van der Waals surface area contributed by atoms with Crippen LogP contribution in [0.5, 0.6) is 0 Å². The number of piperazine rings is 1. The van der Waals surface area contributed by atoms with Crippen LogP contribution in [0.15, 0.2) is 48.8 Å². The molecule has 0 radical (unpaired) electrons. The minimum atomic E-state index is -0.224. The van der Waals surface area contributed by atoms with Gasteiger partial charge in [-0.25, -0.2) is 9.31 Å². The van der Waals surface area contributed by atoms with Gasteiger partial charge in [0.25, 0.3) is 0 Å². The highest BCUT2D eigenvalue weighted by Crippen LogP contribution is 2.32. The first-order valence-corrected chi connectivity index (χ1v) is 14.1. The summed E-state index contributed by atoms with van der Waals surface area (Å²) in [5.74, 6) is 0.615. The fraction of sp³-hybridized carbons (Fsp3) is 0.533. The predicted molar refractivity (Wildman–Crippen MR) is 149 cm³/mol. The standard InChI is InChI=1S/C30H39N5O3/c1-22(2)34-12-3-4-25(19-34)23-5-7-24(8-6-23)26-18-29-28(9-11-31-35(29)20-26)32-13-15-33(16-14-32)30(36)38-27-10-17-37-21-27/h5-9,11,18,20,22,25,27H,3-4,10,12-17,19,21H2,1-2H3/t25-,27+/m1/s1. The maximum atomic E-state index is 12.6. The molecule has 0 bridgehead atoms. The Labute approximate surface area is 225 Å². The Balaban J connectivity index is 1.13. The number of piperidine rings is 1. The number of likely N-dealkylation sites (tertiary alicyclic amines) is 1. The number of hydrogen-bond acceptors (Lipinski definition) is 6. The minimum Gasteiger partial charge on any atom is -0.444 e. The molecule has 3 aliphatic rings. The van der Waals surface area contributed by atoms with Crippen molar-refractivity contribution in [2.75, 3.05) is 57.4 Å². The highest BCUT2D eigenvalue weighted by molar-refractivity contribution is 5.80. The van der Waals surface area contributed by atoms with Crippen molar-refractivity contribution in [2.45, 2.75) is 51.2 Å². The molecule has 8 heteroatoms. The molecule has 0 saturated carbocycles. The second kappa shape index (κ2) is 10.9. The fourth-order valence-electron chi connectivity index (χ4n) is 6.07. The van der Waals surface area contributed by atoms with Crippen molar-refractivity contribution in [3.8, 4) is 11.1 Å². The molecule has 3 aromatic rings. The Kier molecular flexibility index (Phi) is 7.26. The zero-order chi connectivity index (χ0) is 26.1. The summed E-state index contributed by atoms with van der Waals surface area (Å²) in [6.07, 6.45) is 6.98. The van der Waals surface area contributed by atoms with E-state index < -0.39 is 0 Å². The van der Waals surface area contributed by atoms with Gasteiger partial charge in [-0.3, -0.25) is 0 Å². The van der Waals surface area contributed by atoms with E-state index in [1.54, 1.807) is 0 Å². The first-order valence-electron chi connectivity index (χ1n) is 14.1. The van der Waals surface area contributed by atoms with E-state index in [4.69, 9.17) is 9.47 Å². The summed E-state index contributed by atoms with van der Waals surface area (Å²) in [5.41, 5.74) is 6.07. The predicted octanol–water partition coefficient (Wildman–Crippen LogP) is 4.64. The van der Waals surface area contributed by atoms with Gasteiger partial charge in [0.15, 0.2) is 0 Å². The Morgan fingerprint density at radius 3 is 2.58 bits per heavy atom. The second-order valence-electron chi connectivity index (χ2n) is 11.2. The van der Waals surface area contributed by atoms with Gasteiger partial charge in [-0.05, 0) is 62.4 Å². The fourth-order valence-corrected chi connectivity index (χ4v) is 6.07. The molecule has 0 aliphatic carbocycles. The third-order valence-electron chi connectivity index (χ3n) is 8.42. The van der Waals surface area contributed by atoms with Crippen LogP contribution in [0.1, 0.15) is 44.6 Å². The number of nitrogens with zero attached hydrogens (tertiary/aromatic N) is 5. The zero-order valence-electron chi connectivity index (χ0n) is 22.6. The lowest BCUT2D eigenvalue weighted by Crippen LogP contribution is -2.49. The Morgan fingerprint density at radius 1 is 1.03 bits per heavy atom. The molecular weight excluding hydrogens is 478 g/mol. The van der Waals surface area contributed by atoms with E-state index in [2.05, 4.69) is 71.3 Å². The number of hydrogen-bond donors (Lipinski definition) is 0. The summed E-state index contributed by atoms with van der Waals surface area (Å²) < 4.78 is 12.9. The summed E-state index contributed by atoms with van der Waals surface area (Å²) in [7, 11) is 0. The molecule has 1 amide bonds. The van der Waals surface area contributed by atoms with Crippen molar-refractivity contribution in [2.24, 2.45) is 0 Å². The molecule has 3 aliphatic heterocycles. The molecule has 1 aromatic carbocycles. The van der Waals surface area contributed by atoms with Crippen molar-refractivity contribution in [3.63, 3.8) is 0 Å². The quantitative estimate of drug-likeness (QED) is 0.492. The summed E-state index contributed by atoms with van der Waals surface area (Å²) >= 11 is 0. The Morgan fingerprint density at radius 2 is 1.84 bits per heavy atom. The molecule has 6 rings (SSSR count). The Bertz CT molecular complexity index is 1240. The third-order valence-corrected chi connectivity index (χ3v) is 8.42. The van der Waals surface area contributed by atoms with Gasteiger partial charge in [-0.15, -0.1) is 0 Å². The number of benzene rings is 1. The Hall–Kier alpha value is -3.10. The van der Waals surface area contributed by atoms with Crippen LogP contribution >= 0.6 is 0 Å². The van der Waals surface area contributed by atoms with E-state index in [1.807, 2.05) is 15.6 Å². The third kappa shape index (κ3) is 5.24. The number of rotatable bonds is 5. The molecule has 3 saturated heterocycles. The lowest BCUT2D eigenvalue weighted by Gasteiger charge is -2.36. The van der Waals surface area contributed by atoms with Crippen LogP contribution in [0.3, 0.4) is 0 Å². The van der Waals surface area contributed by atoms with E-state index >= 15 is 0 Å². The van der Waals surface area contributed by atoms with Gasteiger partial charge < -0.3 is 24.2 Å². The van der Waals surface area contributed by atoms with Crippen LogP contribution < -0.4 is 4.90 Å². The van der Waals surface area contributed by atoms with Crippen molar-refractivity contribution in [3.05, 3.63) is 54.4 Å². The van der Waals surface area contributed by atoms with Gasteiger partial charge in [0, 0.05) is 63.1 Å². The molecule has 0 unspecified atom stereocenters. The van der Waals surface area contributed by atoms with Crippen LogP contribution in [0.4, 0.5) is 10.5 Å². The van der Waals surface area contributed by atoms with E-state index in [1.165, 1.54) is 36.1 Å². The van der Waals surface area contributed by atoms with E-state index in [0.717, 1.165) is 37.3 Å². The summed E-state index contributed by atoms with van der Waals surface area (Å²) in [5, 5.41) is 4.59. The van der Waals surface area contributed by atoms with Gasteiger partial charge in [-0.2, -0.15) is 5.10 Å². The monoisotopic (exact) mass is 517 g/mol. The molecule has 5 heterocycles. The smallest absolute Gasteiger partial charge is 0.410 e. The molecule has 8 nitrogen and oxygen atoms in total. The molecule has 2 atom stereocenters. The normalized spacial score (nSPS) is 22.9. The molecule has 0 N–H and O–H groups in total. The van der Waals surface area contributed by atoms with Crippen LogP contribution in [-0.4, -0.2) is 90.1 Å². The highest BCUT2D eigenvalue weighted by atomic mass is 16.6. The van der Waals surface area contributed by atoms with Gasteiger partial charge in [0.05, 0.1) is 24.4 Å². The van der Waals surface area contributed by atoms with Gasteiger partial charge in [0.2, 0.25) is 0 Å². The van der Waals surface area contributed by atoms with Crippen molar-refractivity contribution in [1.82, 2.24) is 19.4 Å². The second-order valence-corrected chi connectivity index (χ2v) is 11.2. The molecule has 2 aromatic heterocycles. The number of amides is 1. The average Bonchev–Trinajstić information content (AvgIpc) is 3.63. The molecule has 38 heavy (non-hydrogen) atoms. The SMILES string of the molecule is CC(C)N1CCC[C@@H](c2ccc(-c3cc4c(N5CCN(C(=O)O[C@H]6CCOC6)CC5)ccnn4c3)cc2)C1. The highest BCUT2D eigenvalue weighted by Gasteiger charge is 2.27. The zero-order valence-corrected chi connectivity index (χ0v) is 22.6. The van der Waals surface area contributed by atoms with Gasteiger partial charge in [-0.1, -0.05) is 24.3 Å². The summed E-state index contributed by atoms with van der Waals surface area (Å²) in [6.45, 7) is 11.0. The van der Waals surface area contributed by atoms with E-state index in [9.17, 15) is 4.79 Å². The number of carbonyl (C=O) groups excluding carboxylic acids is 1. The first-order chi connectivity index (χ1) is 18.5. The van der Waals surface area contributed by atoms with Crippen molar-refractivity contribution in [1.29, 1.82) is 0 Å². The molecular formula is C30H39N5O3. The number of aromatic nitrogens is 2. The maximum absolute atomic E-state index is 12.6.